The zero-order chi connectivity index (χ0) is 18.0. The van der Waals surface area contributed by atoms with Crippen LogP contribution in [0.4, 0.5) is 0 Å². The van der Waals surface area contributed by atoms with Crippen molar-refractivity contribution in [2.75, 3.05) is 13.3 Å². The Morgan fingerprint density at radius 2 is 2.08 bits per heavy atom. The minimum absolute atomic E-state index is 0.147. The molecular weight excluding hydrogens is 340 g/mol. The molecule has 0 bridgehead atoms. The Balaban J connectivity index is 1.71. The van der Waals surface area contributed by atoms with E-state index < -0.39 is 9.84 Å². The third kappa shape index (κ3) is 4.05. The summed E-state index contributed by atoms with van der Waals surface area (Å²) >= 11 is 0. The quantitative estimate of drug-likeness (QED) is 0.683. The van der Waals surface area contributed by atoms with Crippen molar-refractivity contribution in [1.82, 2.24) is 29.7 Å². The summed E-state index contributed by atoms with van der Waals surface area (Å²) in [7, 11) is -1.32. The average molecular weight is 362 g/mol. The summed E-state index contributed by atoms with van der Waals surface area (Å²) in [6.45, 7) is 3.54. The summed E-state index contributed by atoms with van der Waals surface area (Å²) in [6, 6.07) is 2.09. The van der Waals surface area contributed by atoms with Crippen LogP contribution in [0.3, 0.4) is 0 Å². The van der Waals surface area contributed by atoms with Crippen molar-refractivity contribution in [1.29, 1.82) is 0 Å². The Morgan fingerprint density at radius 3 is 2.80 bits per heavy atom. The van der Waals surface area contributed by atoms with Crippen molar-refractivity contribution < 1.29 is 8.42 Å². The zero-order valence-corrected chi connectivity index (χ0v) is 15.4. The van der Waals surface area contributed by atoms with Crippen LogP contribution in [-0.4, -0.2) is 51.4 Å². The van der Waals surface area contributed by atoms with Gasteiger partial charge in [0.15, 0.2) is 15.5 Å². The predicted octanol–water partition coefficient (Wildman–Crippen LogP) is 1.44. The molecule has 0 aliphatic carbocycles. The SMILES string of the molecule is CCCc1cc(CN(C)Cc2cnc3c(S(C)(=O)=O)cnn3c2)[nH]n1. The number of rotatable bonds is 7. The highest BCUT2D eigenvalue weighted by molar-refractivity contribution is 7.90. The van der Waals surface area contributed by atoms with E-state index in [-0.39, 0.29) is 4.90 Å². The molecule has 0 radical (unpaired) electrons. The monoisotopic (exact) mass is 362 g/mol. The number of sulfone groups is 1. The van der Waals surface area contributed by atoms with Crippen LogP contribution < -0.4 is 0 Å². The van der Waals surface area contributed by atoms with Gasteiger partial charge in [-0.1, -0.05) is 13.3 Å². The lowest BCUT2D eigenvalue weighted by Gasteiger charge is -2.15. The number of aromatic nitrogens is 5. The number of nitrogens with zero attached hydrogens (tertiary/aromatic N) is 5. The van der Waals surface area contributed by atoms with E-state index in [0.717, 1.165) is 42.6 Å². The maximum Gasteiger partial charge on any atom is 0.180 e. The Hall–Kier alpha value is -2.26. The van der Waals surface area contributed by atoms with Crippen molar-refractivity contribution in [3.05, 3.63) is 41.6 Å². The normalized spacial score (nSPS) is 12.3. The van der Waals surface area contributed by atoms with Crippen molar-refractivity contribution >= 4 is 15.5 Å². The molecule has 0 amide bonds. The highest BCUT2D eigenvalue weighted by atomic mass is 32.2. The fraction of sp³-hybridized carbons (Fsp3) is 0.438. The Labute approximate surface area is 146 Å². The van der Waals surface area contributed by atoms with Crippen LogP contribution in [0.5, 0.6) is 0 Å². The number of hydrogen-bond donors (Lipinski definition) is 1. The Kier molecular flexibility index (Phi) is 4.87. The second-order valence-electron chi connectivity index (χ2n) is 6.32. The van der Waals surface area contributed by atoms with Crippen LogP contribution in [0.2, 0.25) is 0 Å². The summed E-state index contributed by atoms with van der Waals surface area (Å²) in [4.78, 5) is 6.55. The number of fused-ring (bicyclic) bond motifs is 1. The van der Waals surface area contributed by atoms with Gasteiger partial charge in [0.1, 0.15) is 4.90 Å². The minimum Gasteiger partial charge on any atom is -0.296 e. The number of H-pyrrole nitrogens is 1. The lowest BCUT2D eigenvalue weighted by atomic mass is 10.2. The summed E-state index contributed by atoms with van der Waals surface area (Å²) in [5.41, 5.74) is 3.45. The molecule has 3 rings (SSSR count). The Bertz CT molecular complexity index is 976. The molecule has 0 atom stereocenters. The standard InChI is InChI=1S/C16H22N6O2S/c1-4-5-13-6-14(20-19-13)11-21(2)9-12-7-17-16-15(25(3,23)24)8-18-22(16)10-12/h6-8,10H,4-5,9,11H2,1-3H3,(H,19,20). The van der Waals surface area contributed by atoms with E-state index in [2.05, 4.69) is 38.2 Å². The maximum absolute atomic E-state index is 11.7. The number of nitrogens with one attached hydrogen (secondary N) is 1. The fourth-order valence-corrected chi connectivity index (χ4v) is 3.48. The van der Waals surface area contributed by atoms with Gasteiger partial charge in [-0.05, 0) is 19.5 Å². The smallest absolute Gasteiger partial charge is 0.180 e. The first-order valence-electron chi connectivity index (χ1n) is 8.11. The largest absolute Gasteiger partial charge is 0.296 e. The fourth-order valence-electron chi connectivity index (χ4n) is 2.77. The number of hydrogen-bond acceptors (Lipinski definition) is 6. The topological polar surface area (TPSA) is 96.3 Å². The third-order valence-corrected chi connectivity index (χ3v) is 4.95. The van der Waals surface area contributed by atoms with E-state index >= 15 is 0 Å². The maximum atomic E-state index is 11.7. The van der Waals surface area contributed by atoms with Gasteiger partial charge in [0, 0.05) is 43.0 Å². The summed E-state index contributed by atoms with van der Waals surface area (Å²) in [5, 5.41) is 11.5. The molecule has 1 N–H and O–H groups in total. The van der Waals surface area contributed by atoms with Gasteiger partial charge in [-0.15, -0.1) is 0 Å². The van der Waals surface area contributed by atoms with E-state index in [4.69, 9.17) is 0 Å². The molecular formula is C16H22N6O2S. The third-order valence-electron chi connectivity index (χ3n) is 3.86. The van der Waals surface area contributed by atoms with Gasteiger partial charge >= 0.3 is 0 Å². The minimum atomic E-state index is -3.33. The van der Waals surface area contributed by atoms with E-state index in [1.54, 1.807) is 6.20 Å². The van der Waals surface area contributed by atoms with Gasteiger partial charge in [-0.2, -0.15) is 10.2 Å². The van der Waals surface area contributed by atoms with Gasteiger partial charge < -0.3 is 0 Å². The van der Waals surface area contributed by atoms with Crippen molar-refractivity contribution in [3.8, 4) is 0 Å². The first-order valence-corrected chi connectivity index (χ1v) is 10.00. The Morgan fingerprint density at radius 1 is 1.28 bits per heavy atom. The average Bonchev–Trinajstić information content (AvgIpc) is 3.13. The zero-order valence-electron chi connectivity index (χ0n) is 14.6. The van der Waals surface area contributed by atoms with E-state index in [0.29, 0.717) is 12.2 Å². The molecule has 25 heavy (non-hydrogen) atoms. The molecule has 0 aliphatic heterocycles. The van der Waals surface area contributed by atoms with Gasteiger partial charge in [-0.25, -0.2) is 17.9 Å². The van der Waals surface area contributed by atoms with E-state index in [1.165, 1.54) is 10.7 Å². The van der Waals surface area contributed by atoms with Gasteiger partial charge in [0.05, 0.1) is 11.9 Å². The lowest BCUT2D eigenvalue weighted by Crippen LogP contribution is -2.18. The molecule has 0 spiro atoms. The lowest BCUT2D eigenvalue weighted by molar-refractivity contribution is 0.314. The highest BCUT2D eigenvalue weighted by Crippen LogP contribution is 2.15. The van der Waals surface area contributed by atoms with Crippen LogP contribution in [0.1, 0.15) is 30.3 Å². The van der Waals surface area contributed by atoms with Gasteiger partial charge in [0.25, 0.3) is 0 Å². The number of aromatic amines is 1. The second kappa shape index (κ2) is 6.93. The molecule has 0 aromatic carbocycles. The molecule has 0 aliphatic rings. The first kappa shape index (κ1) is 17.6. The van der Waals surface area contributed by atoms with Gasteiger partial charge in [0.2, 0.25) is 0 Å². The molecule has 3 heterocycles. The summed E-state index contributed by atoms with van der Waals surface area (Å²) in [5.74, 6) is 0. The molecule has 9 heteroatoms. The van der Waals surface area contributed by atoms with Gasteiger partial charge in [-0.3, -0.25) is 10.00 Å². The molecule has 0 fully saturated rings. The second-order valence-corrected chi connectivity index (χ2v) is 8.30. The summed E-state index contributed by atoms with van der Waals surface area (Å²) in [6.07, 6.45) is 8.05. The predicted molar refractivity (Wildman–Crippen MR) is 93.9 cm³/mol. The molecule has 134 valence electrons. The molecule has 8 nitrogen and oxygen atoms in total. The van der Waals surface area contributed by atoms with Crippen LogP contribution in [0.25, 0.3) is 5.65 Å². The van der Waals surface area contributed by atoms with Crippen LogP contribution in [-0.2, 0) is 29.3 Å². The van der Waals surface area contributed by atoms with Crippen molar-refractivity contribution in [2.45, 2.75) is 37.8 Å². The molecule has 3 aromatic rings. The van der Waals surface area contributed by atoms with Crippen LogP contribution in [0, 0.1) is 0 Å². The van der Waals surface area contributed by atoms with E-state index in [1.807, 2.05) is 13.2 Å². The first-order chi connectivity index (χ1) is 11.9. The molecule has 0 saturated carbocycles. The van der Waals surface area contributed by atoms with Crippen LogP contribution >= 0.6 is 0 Å². The number of aryl methyl sites for hydroxylation is 1. The highest BCUT2D eigenvalue weighted by Gasteiger charge is 2.16. The van der Waals surface area contributed by atoms with E-state index in [9.17, 15) is 8.42 Å². The van der Waals surface area contributed by atoms with Crippen LogP contribution in [0.15, 0.2) is 29.6 Å². The molecule has 0 saturated heterocycles. The molecule has 0 unspecified atom stereocenters. The summed E-state index contributed by atoms with van der Waals surface area (Å²) < 4.78 is 24.9. The van der Waals surface area contributed by atoms with Crippen molar-refractivity contribution in [3.63, 3.8) is 0 Å². The van der Waals surface area contributed by atoms with Crippen molar-refractivity contribution in [2.24, 2.45) is 0 Å². The molecule has 3 aromatic heterocycles.